The van der Waals surface area contributed by atoms with Gasteiger partial charge in [0.2, 0.25) is 11.8 Å². The molecule has 0 aliphatic rings. The van der Waals surface area contributed by atoms with Crippen LogP contribution in [0, 0.1) is 0 Å². The van der Waals surface area contributed by atoms with Gasteiger partial charge in [0, 0.05) is 26.3 Å². The van der Waals surface area contributed by atoms with E-state index in [4.69, 9.17) is 5.84 Å². The molecule has 0 radical (unpaired) electrons. The number of rotatable bonds is 6. The van der Waals surface area contributed by atoms with Crippen LogP contribution in [-0.2, 0) is 9.59 Å². The first-order chi connectivity index (χ1) is 9.43. The first-order valence-electron chi connectivity index (χ1n) is 5.88. The third kappa shape index (κ3) is 5.90. The average molecular weight is 472 g/mol. The van der Waals surface area contributed by atoms with Crippen molar-refractivity contribution in [3.05, 3.63) is 25.6 Å². The molecule has 0 aliphatic heterocycles. The molecule has 0 saturated heterocycles. The Balaban J connectivity index is 2.45. The van der Waals surface area contributed by atoms with Crippen LogP contribution in [0.4, 0.5) is 5.69 Å². The zero-order valence-electron chi connectivity index (χ0n) is 10.5. The highest BCUT2D eigenvalue weighted by molar-refractivity contribution is 9.11. The summed E-state index contributed by atoms with van der Waals surface area (Å²) in [7, 11) is 0. The molecule has 8 heteroatoms. The highest BCUT2D eigenvalue weighted by atomic mass is 79.9. The van der Waals surface area contributed by atoms with Crippen LogP contribution in [-0.4, -0.2) is 11.8 Å². The van der Waals surface area contributed by atoms with Gasteiger partial charge >= 0.3 is 0 Å². The highest BCUT2D eigenvalue weighted by Gasteiger charge is 2.10. The number of nitrogens with two attached hydrogens (primary N) is 1. The van der Waals surface area contributed by atoms with Crippen LogP contribution < -0.4 is 16.6 Å². The number of benzene rings is 1. The Morgan fingerprint density at radius 3 is 2.00 bits per heavy atom. The van der Waals surface area contributed by atoms with Gasteiger partial charge in [0.05, 0.1) is 5.69 Å². The Morgan fingerprint density at radius 1 is 1.00 bits per heavy atom. The summed E-state index contributed by atoms with van der Waals surface area (Å²) in [5.74, 6) is 4.65. The Kier molecular flexibility index (Phi) is 7.71. The summed E-state index contributed by atoms with van der Waals surface area (Å²) >= 11 is 10.2. The molecule has 0 atom stereocenters. The second kappa shape index (κ2) is 8.76. The van der Waals surface area contributed by atoms with Crippen LogP contribution in [0.15, 0.2) is 25.6 Å². The third-order valence-electron chi connectivity index (χ3n) is 2.49. The molecule has 5 nitrogen and oxygen atoms in total. The van der Waals surface area contributed by atoms with E-state index in [9.17, 15) is 9.59 Å². The number of anilines is 1. The van der Waals surface area contributed by atoms with Crippen molar-refractivity contribution in [2.75, 3.05) is 5.32 Å². The molecule has 1 aromatic carbocycles. The molecule has 0 heterocycles. The summed E-state index contributed by atoms with van der Waals surface area (Å²) in [5, 5.41) is 2.83. The Hall–Kier alpha value is -0.440. The summed E-state index contributed by atoms with van der Waals surface area (Å²) in [5.41, 5.74) is 2.75. The maximum atomic E-state index is 11.8. The summed E-state index contributed by atoms with van der Waals surface area (Å²) in [6, 6.07) is 3.71. The fraction of sp³-hybridized carbons (Fsp3) is 0.333. The van der Waals surface area contributed by atoms with Gasteiger partial charge in [0.15, 0.2) is 0 Å². The van der Waals surface area contributed by atoms with Crippen molar-refractivity contribution in [3.8, 4) is 0 Å². The van der Waals surface area contributed by atoms with Crippen molar-refractivity contribution in [1.29, 1.82) is 0 Å². The number of nitrogens with one attached hydrogen (secondary N) is 2. The van der Waals surface area contributed by atoms with Gasteiger partial charge in [-0.15, -0.1) is 0 Å². The Labute approximate surface area is 142 Å². The quantitative estimate of drug-likeness (QED) is 0.257. The Morgan fingerprint density at radius 2 is 1.50 bits per heavy atom. The van der Waals surface area contributed by atoms with Gasteiger partial charge in [-0.3, -0.25) is 15.0 Å². The first-order valence-corrected chi connectivity index (χ1v) is 8.25. The van der Waals surface area contributed by atoms with E-state index in [0.29, 0.717) is 31.4 Å². The lowest BCUT2D eigenvalue weighted by Crippen LogP contribution is -2.29. The molecule has 110 valence electrons. The SMILES string of the molecule is NNC(=O)CCCCC(=O)Nc1c(Br)cc(Br)cc1Br. The van der Waals surface area contributed by atoms with E-state index >= 15 is 0 Å². The largest absolute Gasteiger partial charge is 0.324 e. The van der Waals surface area contributed by atoms with Crippen LogP contribution in [0.3, 0.4) is 0 Å². The maximum absolute atomic E-state index is 11.8. The minimum absolute atomic E-state index is 0.0955. The van der Waals surface area contributed by atoms with Gasteiger partial charge in [0.1, 0.15) is 0 Å². The van der Waals surface area contributed by atoms with Crippen LogP contribution in [0.2, 0.25) is 0 Å². The van der Waals surface area contributed by atoms with Crippen molar-refractivity contribution in [3.63, 3.8) is 0 Å². The summed E-state index contributed by atoms with van der Waals surface area (Å²) in [6.07, 6.45) is 1.94. The van der Waals surface area contributed by atoms with Gasteiger partial charge < -0.3 is 5.32 Å². The number of hydrogen-bond donors (Lipinski definition) is 3. The standard InChI is InChI=1S/C12H14Br3N3O2/c13-7-5-8(14)12(9(15)6-7)17-10(19)3-1-2-4-11(20)18-16/h5-6H,1-4,16H2,(H,17,19)(H,18,20). The molecular weight excluding hydrogens is 458 g/mol. The van der Waals surface area contributed by atoms with Crippen molar-refractivity contribution < 1.29 is 9.59 Å². The van der Waals surface area contributed by atoms with E-state index in [-0.39, 0.29) is 11.8 Å². The van der Waals surface area contributed by atoms with E-state index in [0.717, 1.165) is 13.4 Å². The number of amides is 2. The number of hydrogen-bond acceptors (Lipinski definition) is 3. The van der Waals surface area contributed by atoms with Crippen molar-refractivity contribution in [2.24, 2.45) is 5.84 Å². The second-order valence-electron chi connectivity index (χ2n) is 4.07. The molecule has 1 rings (SSSR count). The second-order valence-corrected chi connectivity index (χ2v) is 6.69. The van der Waals surface area contributed by atoms with Crippen LogP contribution in [0.25, 0.3) is 0 Å². The molecule has 0 unspecified atom stereocenters. The third-order valence-corrected chi connectivity index (χ3v) is 4.20. The van der Waals surface area contributed by atoms with E-state index < -0.39 is 0 Å². The van der Waals surface area contributed by atoms with E-state index in [1.807, 2.05) is 12.1 Å². The normalized spacial score (nSPS) is 10.2. The molecule has 20 heavy (non-hydrogen) atoms. The zero-order chi connectivity index (χ0) is 15.1. The van der Waals surface area contributed by atoms with Gasteiger partial charge in [0.25, 0.3) is 0 Å². The number of carbonyl (C=O) groups is 2. The van der Waals surface area contributed by atoms with Crippen LogP contribution in [0.5, 0.6) is 0 Å². The number of unbranched alkanes of at least 4 members (excludes halogenated alkanes) is 1. The van der Waals surface area contributed by atoms with Gasteiger partial charge in [-0.1, -0.05) is 15.9 Å². The lowest BCUT2D eigenvalue weighted by Gasteiger charge is -2.10. The van der Waals surface area contributed by atoms with Crippen LogP contribution in [0.1, 0.15) is 25.7 Å². The summed E-state index contributed by atoms with van der Waals surface area (Å²) < 4.78 is 2.48. The Bertz CT molecular complexity index is 486. The maximum Gasteiger partial charge on any atom is 0.233 e. The summed E-state index contributed by atoms with van der Waals surface area (Å²) in [4.78, 5) is 22.7. The fourth-order valence-corrected chi connectivity index (χ4v) is 3.96. The van der Waals surface area contributed by atoms with E-state index in [1.54, 1.807) is 0 Å². The lowest BCUT2D eigenvalue weighted by atomic mass is 10.2. The molecule has 2 amide bonds. The highest BCUT2D eigenvalue weighted by Crippen LogP contribution is 2.34. The smallest absolute Gasteiger partial charge is 0.233 e. The van der Waals surface area contributed by atoms with E-state index in [2.05, 4.69) is 58.5 Å². The van der Waals surface area contributed by atoms with Crippen molar-refractivity contribution in [2.45, 2.75) is 25.7 Å². The molecule has 0 aliphatic carbocycles. The summed E-state index contributed by atoms with van der Waals surface area (Å²) in [6.45, 7) is 0. The molecule has 0 saturated carbocycles. The van der Waals surface area contributed by atoms with Gasteiger partial charge in [-0.25, -0.2) is 5.84 Å². The van der Waals surface area contributed by atoms with E-state index in [1.165, 1.54) is 0 Å². The average Bonchev–Trinajstić information content (AvgIpc) is 2.38. The topological polar surface area (TPSA) is 84.2 Å². The molecule has 4 N–H and O–H groups in total. The van der Waals surface area contributed by atoms with Crippen molar-refractivity contribution >= 4 is 65.3 Å². The van der Waals surface area contributed by atoms with Gasteiger partial charge in [-0.2, -0.15) is 0 Å². The molecule has 0 spiro atoms. The monoisotopic (exact) mass is 469 g/mol. The van der Waals surface area contributed by atoms with Gasteiger partial charge in [-0.05, 0) is 56.8 Å². The fourth-order valence-electron chi connectivity index (χ4n) is 1.51. The number of carbonyl (C=O) groups excluding carboxylic acids is 2. The molecular formula is C12H14Br3N3O2. The molecule has 0 bridgehead atoms. The molecule has 0 fully saturated rings. The lowest BCUT2D eigenvalue weighted by molar-refractivity contribution is -0.121. The zero-order valence-corrected chi connectivity index (χ0v) is 15.3. The minimum atomic E-state index is -0.219. The first kappa shape index (κ1) is 17.6. The predicted octanol–water partition coefficient (Wildman–Crippen LogP) is 3.46. The van der Waals surface area contributed by atoms with Crippen LogP contribution >= 0.6 is 47.8 Å². The minimum Gasteiger partial charge on any atom is -0.324 e. The number of hydrazine groups is 1. The molecule has 0 aromatic heterocycles. The predicted molar refractivity (Wildman–Crippen MR) is 89.0 cm³/mol. The number of halogens is 3. The molecule has 1 aromatic rings. The van der Waals surface area contributed by atoms with Crippen molar-refractivity contribution in [1.82, 2.24) is 5.43 Å².